The number of hydrogen-bond acceptors (Lipinski definition) is 4. The molecular weight excluding hydrogens is 426 g/mol. The first-order valence-corrected chi connectivity index (χ1v) is 12.4. The van der Waals surface area contributed by atoms with E-state index in [1.54, 1.807) is 36.4 Å². The van der Waals surface area contributed by atoms with Gasteiger partial charge >= 0.3 is 0 Å². The van der Waals surface area contributed by atoms with E-state index in [0.29, 0.717) is 23.2 Å². The predicted molar refractivity (Wildman–Crippen MR) is 125 cm³/mol. The van der Waals surface area contributed by atoms with Crippen molar-refractivity contribution in [1.29, 1.82) is 0 Å². The zero-order valence-electron chi connectivity index (χ0n) is 19.0. The van der Waals surface area contributed by atoms with Gasteiger partial charge in [0.05, 0.1) is 4.90 Å². The van der Waals surface area contributed by atoms with Crippen molar-refractivity contribution in [2.45, 2.75) is 64.1 Å². The number of benzene rings is 2. The van der Waals surface area contributed by atoms with Gasteiger partial charge in [0.2, 0.25) is 15.9 Å². The molecule has 2 aromatic carbocycles. The first-order chi connectivity index (χ1) is 15.1. The molecule has 1 atom stereocenters. The number of rotatable bonds is 9. The number of amides is 2. The van der Waals surface area contributed by atoms with Crippen LogP contribution in [0.25, 0.3) is 0 Å². The van der Waals surface area contributed by atoms with Crippen LogP contribution in [0.3, 0.4) is 0 Å². The fraction of sp³-hybridized carbons (Fsp3) is 0.417. The molecule has 1 aliphatic rings. The number of sulfonamides is 1. The van der Waals surface area contributed by atoms with Crippen LogP contribution < -0.4 is 10.0 Å². The van der Waals surface area contributed by atoms with Crippen molar-refractivity contribution in [1.82, 2.24) is 9.62 Å². The summed E-state index contributed by atoms with van der Waals surface area (Å²) < 4.78 is 27.7. The molecule has 32 heavy (non-hydrogen) atoms. The van der Waals surface area contributed by atoms with E-state index in [-0.39, 0.29) is 29.3 Å². The molecule has 1 fully saturated rings. The molecule has 172 valence electrons. The van der Waals surface area contributed by atoms with E-state index in [9.17, 15) is 18.0 Å². The summed E-state index contributed by atoms with van der Waals surface area (Å²) in [6, 6.07) is 13.5. The standard InChI is InChI=1S/C24H31N3O4S/c1-16(2)17(3)27(22-11-12-22)24(29)20-7-5-19(6-8-20)15-25-32(30,31)23-13-9-21(10-14-23)26-18(4)28/h5-10,13-14,16-17,22,25H,11-12,15H2,1-4H3,(H,26,28). The molecule has 2 amide bonds. The molecule has 0 spiro atoms. The van der Waals surface area contributed by atoms with Gasteiger partial charge < -0.3 is 10.2 Å². The molecule has 0 aliphatic heterocycles. The quantitative estimate of drug-likeness (QED) is 0.599. The monoisotopic (exact) mass is 457 g/mol. The highest BCUT2D eigenvalue weighted by atomic mass is 32.2. The van der Waals surface area contributed by atoms with Crippen molar-refractivity contribution in [3.8, 4) is 0 Å². The average molecular weight is 458 g/mol. The molecule has 3 rings (SSSR count). The Kier molecular flexibility index (Phi) is 7.36. The van der Waals surface area contributed by atoms with Crippen LogP contribution in [-0.2, 0) is 21.4 Å². The van der Waals surface area contributed by atoms with Crippen LogP contribution in [0.5, 0.6) is 0 Å². The number of anilines is 1. The van der Waals surface area contributed by atoms with E-state index in [4.69, 9.17) is 0 Å². The van der Waals surface area contributed by atoms with Gasteiger partial charge in [0.25, 0.3) is 5.91 Å². The number of nitrogens with one attached hydrogen (secondary N) is 2. The van der Waals surface area contributed by atoms with E-state index in [2.05, 4.69) is 30.8 Å². The fourth-order valence-electron chi connectivity index (χ4n) is 3.45. The Morgan fingerprint density at radius 3 is 2.09 bits per heavy atom. The fourth-order valence-corrected chi connectivity index (χ4v) is 4.47. The lowest BCUT2D eigenvalue weighted by Crippen LogP contribution is -2.43. The molecule has 1 saturated carbocycles. The predicted octanol–water partition coefficient (Wildman–Crippen LogP) is 3.77. The second-order valence-corrected chi connectivity index (χ2v) is 10.4. The summed E-state index contributed by atoms with van der Waals surface area (Å²) in [4.78, 5) is 26.3. The van der Waals surface area contributed by atoms with Crippen LogP contribution in [0.15, 0.2) is 53.4 Å². The summed E-state index contributed by atoms with van der Waals surface area (Å²) in [5.74, 6) is 0.181. The minimum absolute atomic E-state index is 0.0279. The van der Waals surface area contributed by atoms with Crippen molar-refractivity contribution in [3.63, 3.8) is 0 Å². The summed E-state index contributed by atoms with van der Waals surface area (Å²) in [6.07, 6.45) is 2.10. The molecule has 7 nitrogen and oxygen atoms in total. The van der Waals surface area contributed by atoms with Crippen molar-refractivity contribution in [2.24, 2.45) is 5.92 Å². The lowest BCUT2D eigenvalue weighted by Gasteiger charge is -2.32. The molecule has 8 heteroatoms. The molecule has 0 saturated heterocycles. The van der Waals surface area contributed by atoms with Gasteiger partial charge in [-0.15, -0.1) is 0 Å². The van der Waals surface area contributed by atoms with E-state index < -0.39 is 10.0 Å². The average Bonchev–Trinajstić information content (AvgIpc) is 3.57. The van der Waals surface area contributed by atoms with Gasteiger partial charge in [-0.1, -0.05) is 26.0 Å². The normalized spacial score (nSPS) is 14.8. The summed E-state index contributed by atoms with van der Waals surface area (Å²) in [5, 5.41) is 2.60. The molecule has 2 N–H and O–H groups in total. The van der Waals surface area contributed by atoms with Gasteiger partial charge in [0.1, 0.15) is 0 Å². The van der Waals surface area contributed by atoms with Crippen LogP contribution in [-0.4, -0.2) is 37.2 Å². The summed E-state index contributed by atoms with van der Waals surface area (Å²) in [5.41, 5.74) is 1.91. The highest BCUT2D eigenvalue weighted by molar-refractivity contribution is 7.89. The maximum absolute atomic E-state index is 13.1. The first-order valence-electron chi connectivity index (χ1n) is 10.9. The number of carbonyl (C=O) groups is 2. The van der Waals surface area contributed by atoms with Gasteiger partial charge in [-0.05, 0) is 67.6 Å². The van der Waals surface area contributed by atoms with Crippen molar-refractivity contribution in [3.05, 3.63) is 59.7 Å². The van der Waals surface area contributed by atoms with Crippen LogP contribution in [0.4, 0.5) is 5.69 Å². The number of nitrogens with zero attached hydrogens (tertiary/aromatic N) is 1. The molecule has 0 radical (unpaired) electrons. The van der Waals surface area contributed by atoms with E-state index in [0.717, 1.165) is 18.4 Å². The molecule has 0 heterocycles. The largest absolute Gasteiger partial charge is 0.333 e. The summed E-state index contributed by atoms with van der Waals surface area (Å²) in [6.45, 7) is 7.83. The Hall–Kier alpha value is -2.71. The van der Waals surface area contributed by atoms with Gasteiger partial charge in [0, 0.05) is 36.8 Å². The Morgan fingerprint density at radius 1 is 1.00 bits per heavy atom. The van der Waals surface area contributed by atoms with Crippen molar-refractivity contribution < 1.29 is 18.0 Å². The third kappa shape index (κ3) is 5.95. The Labute approximate surface area is 190 Å². The Balaban J connectivity index is 1.64. The van der Waals surface area contributed by atoms with E-state index in [1.807, 2.05) is 4.90 Å². The third-order valence-electron chi connectivity index (χ3n) is 5.73. The second kappa shape index (κ2) is 9.83. The van der Waals surface area contributed by atoms with Crippen molar-refractivity contribution in [2.75, 3.05) is 5.32 Å². The lowest BCUT2D eigenvalue weighted by molar-refractivity contribution is -0.114. The SMILES string of the molecule is CC(=O)Nc1ccc(S(=O)(=O)NCc2ccc(C(=O)N(C3CC3)C(C)C(C)C)cc2)cc1. The smallest absolute Gasteiger partial charge is 0.254 e. The van der Waals surface area contributed by atoms with Gasteiger partial charge in [0.15, 0.2) is 0 Å². The third-order valence-corrected chi connectivity index (χ3v) is 7.15. The Bertz CT molecular complexity index is 1060. The summed E-state index contributed by atoms with van der Waals surface area (Å²) in [7, 11) is -3.71. The van der Waals surface area contributed by atoms with Gasteiger partial charge in [-0.2, -0.15) is 0 Å². The van der Waals surface area contributed by atoms with E-state index >= 15 is 0 Å². The number of hydrogen-bond donors (Lipinski definition) is 2. The Morgan fingerprint density at radius 2 is 1.59 bits per heavy atom. The van der Waals surface area contributed by atoms with Gasteiger partial charge in [-0.3, -0.25) is 9.59 Å². The summed E-state index contributed by atoms with van der Waals surface area (Å²) >= 11 is 0. The second-order valence-electron chi connectivity index (χ2n) is 8.66. The lowest BCUT2D eigenvalue weighted by atomic mass is 10.0. The van der Waals surface area contributed by atoms with E-state index in [1.165, 1.54) is 19.1 Å². The molecule has 0 aromatic heterocycles. The minimum atomic E-state index is -3.71. The zero-order valence-corrected chi connectivity index (χ0v) is 19.8. The van der Waals surface area contributed by atoms with Crippen LogP contribution in [0.2, 0.25) is 0 Å². The molecule has 1 aliphatic carbocycles. The molecular formula is C24H31N3O4S. The van der Waals surface area contributed by atoms with Crippen LogP contribution in [0.1, 0.15) is 56.5 Å². The minimum Gasteiger partial charge on any atom is -0.333 e. The maximum Gasteiger partial charge on any atom is 0.254 e. The number of carbonyl (C=O) groups excluding carboxylic acids is 2. The van der Waals surface area contributed by atoms with Crippen LogP contribution in [0, 0.1) is 5.92 Å². The zero-order chi connectivity index (χ0) is 23.5. The molecule has 0 bridgehead atoms. The highest BCUT2D eigenvalue weighted by Gasteiger charge is 2.37. The molecule has 1 unspecified atom stereocenters. The van der Waals surface area contributed by atoms with Gasteiger partial charge in [-0.25, -0.2) is 13.1 Å². The van der Waals surface area contributed by atoms with Crippen LogP contribution >= 0.6 is 0 Å². The molecule has 2 aromatic rings. The van der Waals surface area contributed by atoms with Crippen molar-refractivity contribution >= 4 is 27.5 Å². The topological polar surface area (TPSA) is 95.6 Å². The maximum atomic E-state index is 13.1. The first kappa shape index (κ1) is 23.9. The highest BCUT2D eigenvalue weighted by Crippen LogP contribution is 2.32.